The lowest BCUT2D eigenvalue weighted by atomic mass is 10.0. The van der Waals surface area contributed by atoms with Crippen LogP contribution < -0.4 is 5.32 Å². The topological polar surface area (TPSA) is 77.1 Å². The molecule has 0 unspecified atom stereocenters. The van der Waals surface area contributed by atoms with Gasteiger partial charge in [-0.2, -0.15) is 10.2 Å². The first-order chi connectivity index (χ1) is 13.9. The predicted molar refractivity (Wildman–Crippen MR) is 113 cm³/mol. The average Bonchev–Trinajstić information content (AvgIpc) is 3.27. The number of carbonyl (C=O) groups is 1. The van der Waals surface area contributed by atoms with Crippen molar-refractivity contribution in [2.24, 2.45) is 5.92 Å². The van der Waals surface area contributed by atoms with Gasteiger partial charge in [-0.05, 0) is 37.5 Å². The fourth-order valence-electron chi connectivity index (χ4n) is 3.35. The lowest BCUT2D eigenvalue weighted by molar-refractivity contribution is 0.102. The molecule has 1 amide bonds. The van der Waals surface area contributed by atoms with Gasteiger partial charge in [0.05, 0.1) is 11.9 Å². The van der Waals surface area contributed by atoms with Crippen LogP contribution in [-0.2, 0) is 6.54 Å². The molecule has 0 aliphatic rings. The van der Waals surface area contributed by atoms with E-state index >= 15 is 0 Å². The zero-order valence-corrected chi connectivity index (χ0v) is 17.0. The van der Waals surface area contributed by atoms with Gasteiger partial charge in [0.25, 0.3) is 5.91 Å². The minimum Gasteiger partial charge on any atom is -0.319 e. The molecule has 0 saturated heterocycles. The number of anilines is 1. The van der Waals surface area contributed by atoms with Crippen LogP contribution in [0.2, 0.25) is 0 Å². The number of fused-ring (bicyclic) bond motifs is 1. The second kappa shape index (κ2) is 7.50. The number of rotatable bonds is 5. The van der Waals surface area contributed by atoms with Gasteiger partial charge in [0.1, 0.15) is 11.3 Å². The molecule has 4 aromatic rings. The summed E-state index contributed by atoms with van der Waals surface area (Å²) in [5, 5.41) is 12.0. The van der Waals surface area contributed by atoms with E-state index in [2.05, 4.69) is 61.3 Å². The lowest BCUT2D eigenvalue weighted by Crippen LogP contribution is -2.12. The summed E-state index contributed by atoms with van der Waals surface area (Å²) in [6.45, 7) is 9.16. The largest absolute Gasteiger partial charge is 0.319 e. The Morgan fingerprint density at radius 3 is 2.86 bits per heavy atom. The standard InChI is InChI=1S/C22H24N6O/c1-14(2)12-27-13-19(20(26-27)17-10-15(3)6-7-16(17)4)25-22(29)18-11-24-28-9-5-8-23-21(18)28/h5-11,13-14H,12H2,1-4H3,(H,25,29). The van der Waals surface area contributed by atoms with E-state index in [0.717, 1.165) is 28.9 Å². The highest BCUT2D eigenvalue weighted by Crippen LogP contribution is 2.31. The van der Waals surface area contributed by atoms with Crippen molar-refractivity contribution in [2.75, 3.05) is 5.32 Å². The molecule has 0 saturated carbocycles. The monoisotopic (exact) mass is 388 g/mol. The number of hydrogen-bond donors (Lipinski definition) is 1. The van der Waals surface area contributed by atoms with Crippen LogP contribution in [0.1, 0.15) is 35.3 Å². The maximum atomic E-state index is 13.0. The summed E-state index contributed by atoms with van der Waals surface area (Å²) in [7, 11) is 0. The van der Waals surface area contributed by atoms with Gasteiger partial charge >= 0.3 is 0 Å². The molecule has 4 rings (SSSR count). The number of aromatic nitrogens is 5. The zero-order chi connectivity index (χ0) is 20.5. The Morgan fingerprint density at radius 2 is 2.07 bits per heavy atom. The van der Waals surface area contributed by atoms with E-state index in [1.165, 1.54) is 6.20 Å². The van der Waals surface area contributed by atoms with E-state index in [9.17, 15) is 4.79 Å². The van der Waals surface area contributed by atoms with Gasteiger partial charge in [0, 0.05) is 30.7 Å². The van der Waals surface area contributed by atoms with Crippen molar-refractivity contribution < 1.29 is 4.79 Å². The van der Waals surface area contributed by atoms with Gasteiger partial charge < -0.3 is 5.32 Å². The van der Waals surface area contributed by atoms with E-state index in [4.69, 9.17) is 5.10 Å². The molecule has 0 fully saturated rings. The molecule has 0 bridgehead atoms. The summed E-state index contributed by atoms with van der Waals surface area (Å²) in [6.07, 6.45) is 6.85. The maximum absolute atomic E-state index is 13.0. The van der Waals surface area contributed by atoms with Gasteiger partial charge in [-0.15, -0.1) is 0 Å². The van der Waals surface area contributed by atoms with E-state index in [0.29, 0.717) is 22.8 Å². The van der Waals surface area contributed by atoms with Crippen molar-refractivity contribution in [1.82, 2.24) is 24.4 Å². The summed E-state index contributed by atoms with van der Waals surface area (Å²) < 4.78 is 3.48. The van der Waals surface area contributed by atoms with Gasteiger partial charge in [-0.1, -0.05) is 31.5 Å². The molecule has 1 N–H and O–H groups in total. The van der Waals surface area contributed by atoms with Crippen molar-refractivity contribution in [2.45, 2.75) is 34.2 Å². The summed E-state index contributed by atoms with van der Waals surface area (Å²) in [5.74, 6) is 0.183. The van der Waals surface area contributed by atoms with Crippen molar-refractivity contribution in [3.05, 3.63) is 65.7 Å². The van der Waals surface area contributed by atoms with E-state index in [1.54, 1.807) is 23.0 Å². The Balaban J connectivity index is 1.75. The Hall–Kier alpha value is -3.48. The maximum Gasteiger partial charge on any atom is 0.261 e. The van der Waals surface area contributed by atoms with Crippen molar-refractivity contribution in [3.8, 4) is 11.3 Å². The van der Waals surface area contributed by atoms with Crippen molar-refractivity contribution in [1.29, 1.82) is 0 Å². The number of aryl methyl sites for hydroxylation is 2. The Labute approximate surface area is 169 Å². The number of benzene rings is 1. The molecular weight excluding hydrogens is 364 g/mol. The highest BCUT2D eigenvalue weighted by atomic mass is 16.1. The van der Waals surface area contributed by atoms with Gasteiger partial charge in [0.2, 0.25) is 0 Å². The van der Waals surface area contributed by atoms with Crippen LogP contribution in [0.25, 0.3) is 16.9 Å². The third kappa shape index (κ3) is 3.76. The summed E-state index contributed by atoms with van der Waals surface area (Å²) in [5.41, 5.74) is 5.67. The second-order valence-corrected chi connectivity index (χ2v) is 7.73. The number of nitrogens with one attached hydrogen (secondary N) is 1. The molecule has 7 nitrogen and oxygen atoms in total. The van der Waals surface area contributed by atoms with Crippen LogP contribution in [0.5, 0.6) is 0 Å². The summed E-state index contributed by atoms with van der Waals surface area (Å²) >= 11 is 0. The summed E-state index contributed by atoms with van der Waals surface area (Å²) in [4.78, 5) is 17.3. The molecule has 3 heterocycles. The lowest BCUT2D eigenvalue weighted by Gasteiger charge is -2.08. The van der Waals surface area contributed by atoms with Gasteiger partial charge in [-0.3, -0.25) is 9.48 Å². The van der Waals surface area contributed by atoms with E-state index < -0.39 is 0 Å². The van der Waals surface area contributed by atoms with Crippen LogP contribution in [0.3, 0.4) is 0 Å². The molecule has 0 atom stereocenters. The number of hydrogen-bond acceptors (Lipinski definition) is 4. The van der Waals surface area contributed by atoms with E-state index in [1.807, 2.05) is 10.9 Å². The van der Waals surface area contributed by atoms with Gasteiger partial charge in [-0.25, -0.2) is 9.50 Å². The molecule has 0 radical (unpaired) electrons. The fraction of sp³-hybridized carbons (Fsp3) is 0.273. The normalized spacial score (nSPS) is 11.3. The first-order valence-electron chi connectivity index (χ1n) is 9.67. The molecule has 29 heavy (non-hydrogen) atoms. The highest BCUT2D eigenvalue weighted by molar-refractivity contribution is 6.09. The molecule has 3 aromatic heterocycles. The smallest absolute Gasteiger partial charge is 0.261 e. The van der Waals surface area contributed by atoms with E-state index in [-0.39, 0.29) is 5.91 Å². The third-order valence-electron chi connectivity index (χ3n) is 4.73. The quantitative estimate of drug-likeness (QED) is 0.558. The minimum absolute atomic E-state index is 0.255. The Bertz CT molecular complexity index is 1190. The minimum atomic E-state index is -0.255. The molecule has 0 aliphatic heterocycles. The average molecular weight is 388 g/mol. The van der Waals surface area contributed by atoms with Crippen LogP contribution >= 0.6 is 0 Å². The SMILES string of the molecule is Cc1ccc(C)c(-c2nn(CC(C)C)cc2NC(=O)c2cnn3cccnc23)c1. The fourth-order valence-corrected chi connectivity index (χ4v) is 3.35. The summed E-state index contributed by atoms with van der Waals surface area (Å²) in [6, 6.07) is 8.03. The molecule has 7 heteroatoms. The van der Waals surface area contributed by atoms with Crippen LogP contribution in [0.15, 0.2) is 49.1 Å². The number of carbonyl (C=O) groups excluding carboxylic acids is 1. The Kier molecular flexibility index (Phi) is 4.88. The molecule has 0 aliphatic carbocycles. The molecule has 0 spiro atoms. The Morgan fingerprint density at radius 1 is 1.24 bits per heavy atom. The highest BCUT2D eigenvalue weighted by Gasteiger charge is 2.19. The third-order valence-corrected chi connectivity index (χ3v) is 4.73. The molecular formula is C22H24N6O. The van der Waals surface area contributed by atoms with Crippen molar-refractivity contribution in [3.63, 3.8) is 0 Å². The zero-order valence-electron chi connectivity index (χ0n) is 17.0. The number of amides is 1. The predicted octanol–water partition coefficient (Wildman–Crippen LogP) is 4.12. The second-order valence-electron chi connectivity index (χ2n) is 7.73. The van der Waals surface area contributed by atoms with Crippen molar-refractivity contribution >= 4 is 17.2 Å². The molecule has 148 valence electrons. The molecule has 1 aromatic carbocycles. The first-order valence-corrected chi connectivity index (χ1v) is 9.67. The van der Waals surface area contributed by atoms with Crippen LogP contribution in [-0.4, -0.2) is 30.3 Å². The number of nitrogens with zero attached hydrogens (tertiary/aromatic N) is 5. The van der Waals surface area contributed by atoms with Crippen LogP contribution in [0, 0.1) is 19.8 Å². The first kappa shape index (κ1) is 18.9. The van der Waals surface area contributed by atoms with Gasteiger partial charge in [0.15, 0.2) is 5.65 Å². The van der Waals surface area contributed by atoms with Crippen LogP contribution in [0.4, 0.5) is 5.69 Å².